The number of hydrogen-bond donors (Lipinski definition) is 0. The molecule has 0 saturated heterocycles. The molecule has 4 heteroatoms. The van der Waals surface area contributed by atoms with E-state index in [9.17, 15) is 14.4 Å². The second-order valence-corrected chi connectivity index (χ2v) is 7.54. The minimum absolute atomic E-state index is 0.00862. The van der Waals surface area contributed by atoms with E-state index >= 15 is 0 Å². The summed E-state index contributed by atoms with van der Waals surface area (Å²) in [7, 11) is 0. The average molecular weight is 360 g/mol. The van der Waals surface area contributed by atoms with Crippen molar-refractivity contribution in [1.82, 2.24) is 0 Å². The summed E-state index contributed by atoms with van der Waals surface area (Å²) in [6, 6.07) is 0. The molecule has 1 saturated carbocycles. The number of ketones is 2. The summed E-state index contributed by atoms with van der Waals surface area (Å²) < 4.78 is 4.95. The summed E-state index contributed by atoms with van der Waals surface area (Å²) in [5.74, 6) is 0.311. The molecule has 0 aliphatic heterocycles. The number of carbonyl (C=O) groups excluding carboxylic acids is 3. The molecule has 2 atom stereocenters. The molecular formula is C22H32O4. The van der Waals surface area contributed by atoms with Crippen molar-refractivity contribution in [2.45, 2.75) is 78.1 Å². The van der Waals surface area contributed by atoms with Gasteiger partial charge in [-0.25, -0.2) is 0 Å². The van der Waals surface area contributed by atoms with Crippen molar-refractivity contribution in [3.8, 4) is 0 Å². The average Bonchev–Trinajstić information content (AvgIpc) is 2.87. The van der Waals surface area contributed by atoms with E-state index in [0.717, 1.165) is 56.9 Å². The topological polar surface area (TPSA) is 60.4 Å². The second kappa shape index (κ2) is 9.84. The highest BCUT2D eigenvalue weighted by Gasteiger charge is 2.50. The molecule has 26 heavy (non-hydrogen) atoms. The van der Waals surface area contributed by atoms with Crippen LogP contribution in [0.5, 0.6) is 0 Å². The van der Waals surface area contributed by atoms with Crippen molar-refractivity contribution >= 4 is 17.5 Å². The smallest absolute Gasteiger partial charge is 0.305 e. The summed E-state index contributed by atoms with van der Waals surface area (Å²) in [6.07, 6.45) is 13.9. The van der Waals surface area contributed by atoms with Crippen molar-refractivity contribution < 1.29 is 19.1 Å². The van der Waals surface area contributed by atoms with Gasteiger partial charge in [0.2, 0.25) is 0 Å². The van der Waals surface area contributed by atoms with Crippen LogP contribution in [0.3, 0.4) is 0 Å². The van der Waals surface area contributed by atoms with Crippen LogP contribution in [0.1, 0.15) is 78.1 Å². The van der Waals surface area contributed by atoms with Gasteiger partial charge in [0.05, 0.1) is 6.61 Å². The molecule has 0 N–H and O–H groups in total. The fourth-order valence-corrected chi connectivity index (χ4v) is 4.37. The van der Waals surface area contributed by atoms with E-state index in [2.05, 4.69) is 6.92 Å². The van der Waals surface area contributed by atoms with Crippen LogP contribution in [0.25, 0.3) is 0 Å². The molecule has 0 aromatic rings. The van der Waals surface area contributed by atoms with E-state index in [0.29, 0.717) is 25.2 Å². The van der Waals surface area contributed by atoms with Gasteiger partial charge in [-0.1, -0.05) is 50.7 Å². The van der Waals surface area contributed by atoms with Crippen LogP contribution in [0.4, 0.5) is 0 Å². The van der Waals surface area contributed by atoms with Gasteiger partial charge in [-0.3, -0.25) is 14.4 Å². The monoisotopic (exact) mass is 360 g/mol. The first-order chi connectivity index (χ1) is 12.5. The SMILES string of the molecule is CCCC[C@]1(CCCCCCC(=O)OCC)C(=O)CC2=CC(=O)C=CC21. The number of esters is 1. The molecule has 0 aromatic heterocycles. The number of ether oxygens (including phenoxy) is 1. The lowest BCUT2D eigenvalue weighted by atomic mass is 9.68. The molecule has 144 valence electrons. The summed E-state index contributed by atoms with van der Waals surface area (Å²) >= 11 is 0. The van der Waals surface area contributed by atoms with Gasteiger partial charge in [0.15, 0.2) is 5.78 Å². The van der Waals surface area contributed by atoms with Crippen molar-refractivity contribution in [2.24, 2.45) is 11.3 Å². The Morgan fingerprint density at radius 2 is 1.85 bits per heavy atom. The highest BCUT2D eigenvalue weighted by Crippen LogP contribution is 2.52. The minimum atomic E-state index is -0.319. The quantitative estimate of drug-likeness (QED) is 0.395. The Labute approximate surface area is 157 Å². The first-order valence-electron chi connectivity index (χ1n) is 10.1. The standard InChI is InChI=1S/C22H32O4/c1-3-5-13-22(14-9-7-6-8-10-21(25)26-4-2)19-12-11-18(23)15-17(19)16-20(22)24/h11-12,15,19H,3-10,13-14,16H2,1-2H3/t19?,22-/m1/s1. The molecule has 1 fully saturated rings. The summed E-state index contributed by atoms with van der Waals surface area (Å²) in [6.45, 7) is 4.41. The fourth-order valence-electron chi connectivity index (χ4n) is 4.37. The maximum absolute atomic E-state index is 12.9. The first-order valence-corrected chi connectivity index (χ1v) is 10.1. The summed E-state index contributed by atoms with van der Waals surface area (Å²) in [5.41, 5.74) is 0.695. The van der Waals surface area contributed by atoms with E-state index in [4.69, 9.17) is 4.74 Å². The molecule has 0 bridgehead atoms. The third kappa shape index (κ3) is 4.93. The van der Waals surface area contributed by atoms with Crippen LogP contribution in [0.2, 0.25) is 0 Å². The van der Waals surface area contributed by atoms with Crippen LogP contribution >= 0.6 is 0 Å². The molecule has 0 heterocycles. The normalized spacial score (nSPS) is 24.5. The van der Waals surface area contributed by atoms with Crippen molar-refractivity contribution in [2.75, 3.05) is 6.61 Å². The number of carbonyl (C=O) groups is 3. The molecule has 0 radical (unpaired) electrons. The van der Waals surface area contributed by atoms with Gasteiger partial charge in [0.25, 0.3) is 0 Å². The molecular weight excluding hydrogens is 328 g/mol. The lowest BCUT2D eigenvalue weighted by molar-refractivity contribution is -0.143. The number of fused-ring (bicyclic) bond motifs is 1. The van der Waals surface area contributed by atoms with E-state index in [-0.39, 0.29) is 23.1 Å². The zero-order valence-corrected chi connectivity index (χ0v) is 16.2. The molecule has 0 spiro atoms. The number of allylic oxidation sites excluding steroid dienone is 4. The lowest BCUT2D eigenvalue weighted by Crippen LogP contribution is -2.32. The minimum Gasteiger partial charge on any atom is -0.466 e. The molecule has 2 aliphatic carbocycles. The van der Waals surface area contributed by atoms with Crippen LogP contribution < -0.4 is 0 Å². The Morgan fingerprint density at radius 3 is 2.58 bits per heavy atom. The van der Waals surface area contributed by atoms with Crippen LogP contribution in [-0.4, -0.2) is 24.1 Å². The molecule has 0 amide bonds. The van der Waals surface area contributed by atoms with Gasteiger partial charge >= 0.3 is 5.97 Å². The highest BCUT2D eigenvalue weighted by molar-refractivity contribution is 6.04. The zero-order valence-electron chi connectivity index (χ0n) is 16.2. The van der Waals surface area contributed by atoms with Gasteiger partial charge < -0.3 is 4.74 Å². The Hall–Kier alpha value is -1.71. The molecule has 2 rings (SSSR count). The van der Waals surface area contributed by atoms with Gasteiger partial charge in [0.1, 0.15) is 5.78 Å². The van der Waals surface area contributed by atoms with Gasteiger partial charge in [0, 0.05) is 24.2 Å². The second-order valence-electron chi connectivity index (χ2n) is 7.54. The number of unbranched alkanes of at least 4 members (excludes halogenated alkanes) is 4. The molecule has 4 nitrogen and oxygen atoms in total. The third-order valence-electron chi connectivity index (χ3n) is 5.73. The third-order valence-corrected chi connectivity index (χ3v) is 5.73. The molecule has 2 aliphatic rings. The Morgan fingerprint density at radius 1 is 1.12 bits per heavy atom. The highest BCUT2D eigenvalue weighted by atomic mass is 16.5. The number of rotatable bonds is 11. The Bertz CT molecular complexity index is 587. The van der Waals surface area contributed by atoms with Gasteiger partial charge in [-0.05, 0) is 38.3 Å². The zero-order chi connectivity index (χ0) is 19.0. The number of Topliss-reactive ketones (excluding diaryl/α,β-unsaturated/α-hetero) is 1. The lowest BCUT2D eigenvalue weighted by Gasteiger charge is -2.34. The van der Waals surface area contributed by atoms with Crippen LogP contribution in [-0.2, 0) is 19.1 Å². The van der Waals surface area contributed by atoms with Crippen LogP contribution in [0.15, 0.2) is 23.8 Å². The molecule has 0 aromatic carbocycles. The van der Waals surface area contributed by atoms with Crippen molar-refractivity contribution in [3.05, 3.63) is 23.8 Å². The maximum Gasteiger partial charge on any atom is 0.305 e. The van der Waals surface area contributed by atoms with E-state index in [1.165, 1.54) is 0 Å². The van der Waals surface area contributed by atoms with Crippen molar-refractivity contribution in [3.63, 3.8) is 0 Å². The number of hydrogen-bond acceptors (Lipinski definition) is 4. The maximum atomic E-state index is 12.9. The fraction of sp³-hybridized carbons (Fsp3) is 0.682. The van der Waals surface area contributed by atoms with E-state index < -0.39 is 0 Å². The predicted octanol–water partition coefficient (Wildman–Crippen LogP) is 4.72. The Kier molecular flexibility index (Phi) is 7.80. The summed E-state index contributed by atoms with van der Waals surface area (Å²) in [4.78, 5) is 35.9. The first kappa shape index (κ1) is 20.6. The predicted molar refractivity (Wildman–Crippen MR) is 102 cm³/mol. The van der Waals surface area contributed by atoms with Crippen molar-refractivity contribution in [1.29, 1.82) is 0 Å². The van der Waals surface area contributed by atoms with E-state index in [1.807, 2.05) is 13.0 Å². The van der Waals surface area contributed by atoms with Gasteiger partial charge in [-0.15, -0.1) is 0 Å². The summed E-state index contributed by atoms with van der Waals surface area (Å²) in [5, 5.41) is 0. The van der Waals surface area contributed by atoms with Crippen LogP contribution in [0, 0.1) is 11.3 Å². The largest absolute Gasteiger partial charge is 0.466 e. The Balaban J connectivity index is 1.90. The van der Waals surface area contributed by atoms with Gasteiger partial charge in [-0.2, -0.15) is 0 Å². The van der Waals surface area contributed by atoms with E-state index in [1.54, 1.807) is 12.2 Å². The molecule has 1 unspecified atom stereocenters.